The highest BCUT2D eigenvalue weighted by Gasteiger charge is 2.57. The highest BCUT2D eigenvalue weighted by Crippen LogP contribution is 2.57. The lowest BCUT2D eigenvalue weighted by Crippen LogP contribution is -2.50. The van der Waals surface area contributed by atoms with Crippen molar-refractivity contribution in [1.29, 1.82) is 0 Å². The third kappa shape index (κ3) is 1.68. The van der Waals surface area contributed by atoms with Gasteiger partial charge in [0.2, 0.25) is 0 Å². The van der Waals surface area contributed by atoms with Gasteiger partial charge in [-0.05, 0) is 29.7 Å². The van der Waals surface area contributed by atoms with Crippen LogP contribution in [0.4, 0.5) is 11.4 Å². The largest absolute Gasteiger partial charge is 0.300 e. The first-order valence-electron chi connectivity index (χ1n) is 9.54. The van der Waals surface area contributed by atoms with Crippen LogP contribution in [0.2, 0.25) is 0 Å². The van der Waals surface area contributed by atoms with Gasteiger partial charge in [0.1, 0.15) is 6.17 Å². The zero-order valence-corrected chi connectivity index (χ0v) is 15.4. The van der Waals surface area contributed by atoms with E-state index in [1.54, 1.807) is 0 Å². The summed E-state index contributed by atoms with van der Waals surface area (Å²) in [6, 6.07) is 19.5. The van der Waals surface area contributed by atoms with E-state index < -0.39 is 0 Å². The molecule has 132 valence electrons. The molecule has 3 aliphatic heterocycles. The lowest BCUT2D eigenvalue weighted by molar-refractivity contribution is 0.386. The van der Waals surface area contributed by atoms with E-state index in [2.05, 4.69) is 77.3 Å². The smallest absolute Gasteiger partial charge is 0.163 e. The second-order valence-electron chi connectivity index (χ2n) is 7.74. The summed E-state index contributed by atoms with van der Waals surface area (Å²) < 4.78 is 0. The Morgan fingerprint density at radius 2 is 1.78 bits per heavy atom. The van der Waals surface area contributed by atoms with Crippen molar-refractivity contribution in [3.05, 3.63) is 78.1 Å². The maximum Gasteiger partial charge on any atom is 0.163 e. The molecule has 0 N–H and O–H groups in total. The number of hydrogen-bond acceptors (Lipinski definition) is 4. The molecule has 0 bridgehead atoms. The van der Waals surface area contributed by atoms with Crippen LogP contribution in [0.15, 0.2) is 72.1 Å². The van der Waals surface area contributed by atoms with Crippen molar-refractivity contribution in [2.24, 2.45) is 5.10 Å². The number of pyridine rings is 1. The van der Waals surface area contributed by atoms with Crippen molar-refractivity contribution in [2.75, 3.05) is 9.91 Å². The molecule has 0 radical (unpaired) electrons. The predicted molar refractivity (Wildman–Crippen MR) is 109 cm³/mol. The molecule has 4 nitrogen and oxygen atoms in total. The van der Waals surface area contributed by atoms with Crippen LogP contribution < -0.4 is 9.91 Å². The average molecular weight is 352 g/mol. The van der Waals surface area contributed by atoms with Crippen LogP contribution in [0.5, 0.6) is 0 Å². The molecule has 2 aromatic carbocycles. The summed E-state index contributed by atoms with van der Waals surface area (Å²) >= 11 is 0. The van der Waals surface area contributed by atoms with E-state index in [0.717, 1.165) is 17.9 Å². The Balaban J connectivity index is 1.70. The maximum atomic E-state index is 5.13. The SMILES string of the molecule is CCC1(C)c2cccc3c2N2C(=NN(c4cccnc4)C21)c1ccccc1-3. The number of fused-ring (bicyclic) bond motifs is 3. The van der Waals surface area contributed by atoms with Gasteiger partial charge >= 0.3 is 0 Å². The third-order valence-electron chi connectivity index (χ3n) is 6.47. The Kier molecular flexibility index (Phi) is 2.76. The Morgan fingerprint density at radius 1 is 0.963 bits per heavy atom. The standard InChI is InChI=1S/C23H20N4/c1-3-23(2)19-12-6-11-17-16-9-4-5-10-18(16)21-25-27(15-8-7-13-24-14-15)22(23)26(21)20(17)19/h4-14,22H,3H2,1-2H3. The Hall–Kier alpha value is -3.14. The second-order valence-corrected chi connectivity index (χ2v) is 7.74. The van der Waals surface area contributed by atoms with Crippen molar-refractivity contribution >= 4 is 17.2 Å². The van der Waals surface area contributed by atoms with Crippen LogP contribution >= 0.6 is 0 Å². The number of para-hydroxylation sites is 1. The molecule has 4 heteroatoms. The number of nitrogens with zero attached hydrogens (tertiary/aromatic N) is 4. The van der Waals surface area contributed by atoms with E-state index >= 15 is 0 Å². The molecule has 27 heavy (non-hydrogen) atoms. The number of anilines is 2. The number of rotatable bonds is 2. The molecule has 0 saturated heterocycles. The zero-order valence-electron chi connectivity index (χ0n) is 15.4. The van der Waals surface area contributed by atoms with Gasteiger partial charge in [0, 0.05) is 22.7 Å². The van der Waals surface area contributed by atoms with E-state index in [0.29, 0.717) is 0 Å². The first kappa shape index (κ1) is 15.0. The minimum absolute atomic E-state index is 0.0194. The molecule has 0 saturated carbocycles. The van der Waals surface area contributed by atoms with Crippen LogP contribution in [0.25, 0.3) is 11.1 Å². The number of aromatic nitrogens is 1. The quantitative estimate of drug-likeness (QED) is 0.666. The van der Waals surface area contributed by atoms with E-state index in [4.69, 9.17) is 5.10 Å². The van der Waals surface area contributed by atoms with Gasteiger partial charge in [0.25, 0.3) is 0 Å². The minimum Gasteiger partial charge on any atom is -0.300 e. The molecule has 3 aromatic rings. The van der Waals surface area contributed by atoms with E-state index in [1.165, 1.54) is 27.9 Å². The van der Waals surface area contributed by atoms with Crippen molar-refractivity contribution < 1.29 is 0 Å². The molecular formula is C23H20N4. The highest BCUT2D eigenvalue weighted by molar-refractivity contribution is 6.22. The number of hydrazone groups is 1. The molecule has 0 spiro atoms. The molecule has 1 aromatic heterocycles. The summed E-state index contributed by atoms with van der Waals surface area (Å²) in [6.45, 7) is 4.66. The molecule has 3 aliphatic rings. The highest BCUT2D eigenvalue weighted by atomic mass is 15.6. The minimum atomic E-state index is -0.0194. The molecular weight excluding hydrogens is 332 g/mol. The predicted octanol–water partition coefficient (Wildman–Crippen LogP) is 4.76. The van der Waals surface area contributed by atoms with Gasteiger partial charge in [0.05, 0.1) is 17.6 Å². The Bertz CT molecular complexity index is 1100. The Labute approximate surface area is 158 Å². The van der Waals surface area contributed by atoms with Gasteiger partial charge in [-0.2, -0.15) is 5.10 Å². The van der Waals surface area contributed by atoms with Crippen LogP contribution in [-0.4, -0.2) is 17.0 Å². The fraction of sp³-hybridized carbons (Fsp3) is 0.217. The van der Waals surface area contributed by atoms with Crippen LogP contribution in [0, 0.1) is 0 Å². The zero-order chi connectivity index (χ0) is 18.2. The molecule has 2 atom stereocenters. The summed E-state index contributed by atoms with van der Waals surface area (Å²) in [5.41, 5.74) is 7.57. The lowest BCUT2D eigenvalue weighted by Gasteiger charge is -2.37. The van der Waals surface area contributed by atoms with E-state index in [9.17, 15) is 0 Å². The molecule has 4 heterocycles. The molecule has 0 amide bonds. The van der Waals surface area contributed by atoms with Gasteiger partial charge in [-0.15, -0.1) is 0 Å². The van der Waals surface area contributed by atoms with Crippen LogP contribution in [-0.2, 0) is 5.41 Å². The summed E-state index contributed by atoms with van der Waals surface area (Å²) in [7, 11) is 0. The van der Waals surface area contributed by atoms with Crippen molar-refractivity contribution in [1.82, 2.24) is 4.98 Å². The molecule has 0 fully saturated rings. The van der Waals surface area contributed by atoms with Gasteiger partial charge in [0.15, 0.2) is 5.84 Å². The maximum absolute atomic E-state index is 5.13. The van der Waals surface area contributed by atoms with Gasteiger partial charge in [-0.1, -0.05) is 56.3 Å². The fourth-order valence-electron chi connectivity index (χ4n) is 4.99. The summed E-state index contributed by atoms with van der Waals surface area (Å²) in [5.74, 6) is 1.05. The third-order valence-corrected chi connectivity index (χ3v) is 6.47. The monoisotopic (exact) mass is 352 g/mol. The van der Waals surface area contributed by atoms with Crippen molar-refractivity contribution in [2.45, 2.75) is 31.8 Å². The van der Waals surface area contributed by atoms with Gasteiger partial charge in [-0.25, -0.2) is 5.01 Å². The summed E-state index contributed by atoms with van der Waals surface area (Å²) in [5, 5.41) is 7.30. The van der Waals surface area contributed by atoms with Crippen molar-refractivity contribution in [3.8, 4) is 11.1 Å². The van der Waals surface area contributed by atoms with Gasteiger partial charge < -0.3 is 0 Å². The first-order valence-corrected chi connectivity index (χ1v) is 9.54. The van der Waals surface area contributed by atoms with Gasteiger partial charge in [-0.3, -0.25) is 9.88 Å². The fourth-order valence-corrected chi connectivity index (χ4v) is 4.99. The Morgan fingerprint density at radius 3 is 2.56 bits per heavy atom. The summed E-state index contributed by atoms with van der Waals surface area (Å²) in [4.78, 5) is 6.81. The second kappa shape index (κ2) is 4.97. The molecule has 6 rings (SSSR count). The molecule has 2 unspecified atom stereocenters. The van der Waals surface area contributed by atoms with Crippen molar-refractivity contribution in [3.63, 3.8) is 0 Å². The first-order chi connectivity index (χ1) is 13.2. The van der Waals surface area contributed by atoms with Crippen LogP contribution in [0.1, 0.15) is 31.4 Å². The average Bonchev–Trinajstić information content (AvgIpc) is 3.25. The number of hydrogen-bond donors (Lipinski definition) is 0. The van der Waals surface area contributed by atoms with Crippen LogP contribution in [0.3, 0.4) is 0 Å². The number of amidine groups is 1. The van der Waals surface area contributed by atoms with E-state index in [1.807, 2.05) is 18.5 Å². The normalized spacial score (nSPS) is 23.9. The number of benzene rings is 2. The topological polar surface area (TPSA) is 31.7 Å². The molecule has 0 aliphatic carbocycles. The van der Waals surface area contributed by atoms with E-state index in [-0.39, 0.29) is 11.6 Å². The summed E-state index contributed by atoms with van der Waals surface area (Å²) in [6.07, 6.45) is 4.90. The lowest BCUT2D eigenvalue weighted by atomic mass is 9.78.